The van der Waals surface area contributed by atoms with Gasteiger partial charge in [-0.3, -0.25) is 14.4 Å². The Bertz CT molecular complexity index is 1340. The van der Waals surface area contributed by atoms with Gasteiger partial charge in [-0.25, -0.2) is 4.39 Å². The summed E-state index contributed by atoms with van der Waals surface area (Å²) in [5.74, 6) is -0.970. The average molecular weight is 494 g/mol. The van der Waals surface area contributed by atoms with Gasteiger partial charge in [0.1, 0.15) is 17.6 Å². The molecular weight excluding hydrogens is 469 g/mol. The molecule has 4 heterocycles. The number of fused-ring (bicyclic) bond motifs is 3. The number of hydrogen-bond donors (Lipinski definition) is 1. The molecule has 3 aliphatic rings. The predicted octanol–water partition coefficient (Wildman–Crippen LogP) is 3.48. The zero-order valence-corrected chi connectivity index (χ0v) is 19.7. The summed E-state index contributed by atoms with van der Waals surface area (Å²) in [4.78, 5) is 44.9. The van der Waals surface area contributed by atoms with Gasteiger partial charge in [0.05, 0.1) is 17.6 Å². The SMILES string of the molecule is O=C(c1ccc2sccc2c1O)N1C[C@@H]2C[C@H]1CN2C(=O)[C@@H]1CCCN1C(=O)c1ccc(F)cc1. The number of aromatic hydroxyl groups is 1. The van der Waals surface area contributed by atoms with Crippen LogP contribution in [0.3, 0.4) is 0 Å². The number of benzene rings is 2. The van der Waals surface area contributed by atoms with E-state index in [1.807, 2.05) is 22.4 Å². The van der Waals surface area contributed by atoms with E-state index in [0.717, 1.165) is 11.1 Å². The number of nitrogens with zero attached hydrogens (tertiary/aromatic N) is 3. The predicted molar refractivity (Wildman–Crippen MR) is 129 cm³/mol. The summed E-state index contributed by atoms with van der Waals surface area (Å²) in [6.07, 6.45) is 2.02. The zero-order valence-electron chi connectivity index (χ0n) is 18.9. The van der Waals surface area contributed by atoms with Crippen LogP contribution in [0.4, 0.5) is 4.39 Å². The van der Waals surface area contributed by atoms with Gasteiger partial charge in [0.2, 0.25) is 5.91 Å². The van der Waals surface area contributed by atoms with Crippen LogP contribution in [0.2, 0.25) is 0 Å². The topological polar surface area (TPSA) is 81.2 Å². The van der Waals surface area contributed by atoms with Gasteiger partial charge >= 0.3 is 0 Å². The molecule has 1 N–H and O–H groups in total. The number of thiophene rings is 1. The van der Waals surface area contributed by atoms with E-state index in [0.29, 0.717) is 43.4 Å². The van der Waals surface area contributed by atoms with E-state index in [1.165, 1.54) is 35.6 Å². The van der Waals surface area contributed by atoms with Gasteiger partial charge in [0.25, 0.3) is 11.8 Å². The molecule has 180 valence electrons. The van der Waals surface area contributed by atoms with Gasteiger partial charge in [-0.15, -0.1) is 11.3 Å². The van der Waals surface area contributed by atoms with Gasteiger partial charge in [-0.05, 0) is 67.1 Å². The van der Waals surface area contributed by atoms with Crippen molar-refractivity contribution in [1.82, 2.24) is 14.7 Å². The van der Waals surface area contributed by atoms with Gasteiger partial charge in [-0.2, -0.15) is 0 Å². The number of piperazine rings is 1. The Morgan fingerprint density at radius 3 is 2.40 bits per heavy atom. The van der Waals surface area contributed by atoms with E-state index < -0.39 is 11.9 Å². The molecule has 6 rings (SSSR count). The van der Waals surface area contributed by atoms with Crippen LogP contribution < -0.4 is 0 Å². The Morgan fingerprint density at radius 2 is 1.66 bits per heavy atom. The van der Waals surface area contributed by atoms with E-state index in [4.69, 9.17) is 0 Å². The normalized spacial score (nSPS) is 23.5. The van der Waals surface area contributed by atoms with Crippen molar-refractivity contribution < 1.29 is 23.9 Å². The van der Waals surface area contributed by atoms with Crippen molar-refractivity contribution in [3.05, 3.63) is 64.8 Å². The van der Waals surface area contributed by atoms with E-state index in [-0.39, 0.29) is 41.1 Å². The molecule has 0 saturated carbocycles. The van der Waals surface area contributed by atoms with E-state index in [9.17, 15) is 23.9 Å². The van der Waals surface area contributed by atoms with Crippen LogP contribution in [0.15, 0.2) is 47.8 Å². The number of hydrogen-bond acceptors (Lipinski definition) is 5. The average Bonchev–Trinajstić information content (AvgIpc) is 3.66. The number of likely N-dealkylation sites (tertiary alicyclic amines) is 3. The number of amides is 3. The molecule has 7 nitrogen and oxygen atoms in total. The Kier molecular flexibility index (Phi) is 5.25. The molecule has 3 atom stereocenters. The summed E-state index contributed by atoms with van der Waals surface area (Å²) in [5, 5.41) is 13.2. The number of phenols is 1. The molecule has 3 aromatic rings. The molecular formula is C26H24FN3O4S. The molecule has 9 heteroatoms. The van der Waals surface area contributed by atoms with Crippen LogP contribution in [0.1, 0.15) is 40.0 Å². The lowest BCUT2D eigenvalue weighted by Gasteiger charge is -2.37. The third-order valence-corrected chi connectivity index (χ3v) is 8.39. The fraction of sp³-hybridized carbons (Fsp3) is 0.346. The molecule has 3 fully saturated rings. The molecule has 0 radical (unpaired) electrons. The number of halogens is 1. The highest BCUT2D eigenvalue weighted by Crippen LogP contribution is 2.37. The maximum absolute atomic E-state index is 13.5. The molecule has 2 aromatic carbocycles. The fourth-order valence-electron chi connectivity index (χ4n) is 5.76. The van der Waals surface area contributed by atoms with Crippen LogP contribution in [0.25, 0.3) is 10.1 Å². The Balaban J connectivity index is 1.16. The first-order valence-corrected chi connectivity index (χ1v) is 12.7. The molecule has 3 aliphatic heterocycles. The van der Waals surface area contributed by atoms with Gasteiger partial charge in [0.15, 0.2) is 0 Å². The molecule has 0 spiro atoms. The molecule has 35 heavy (non-hydrogen) atoms. The number of carbonyl (C=O) groups is 3. The summed E-state index contributed by atoms with van der Waals surface area (Å²) >= 11 is 1.51. The zero-order chi connectivity index (χ0) is 24.3. The van der Waals surface area contributed by atoms with Crippen molar-refractivity contribution in [3.8, 4) is 5.75 Å². The Hall–Kier alpha value is -3.46. The van der Waals surface area contributed by atoms with Crippen molar-refractivity contribution in [3.63, 3.8) is 0 Å². The van der Waals surface area contributed by atoms with Crippen LogP contribution in [-0.4, -0.2) is 75.3 Å². The van der Waals surface area contributed by atoms with E-state index in [2.05, 4.69) is 0 Å². The lowest BCUT2D eigenvalue weighted by molar-refractivity contribution is -0.137. The first kappa shape index (κ1) is 22.0. The highest BCUT2D eigenvalue weighted by molar-refractivity contribution is 7.17. The van der Waals surface area contributed by atoms with Gasteiger partial charge < -0.3 is 19.8 Å². The van der Waals surface area contributed by atoms with Crippen molar-refractivity contribution in [2.45, 2.75) is 37.4 Å². The largest absolute Gasteiger partial charge is 0.506 e. The summed E-state index contributed by atoms with van der Waals surface area (Å²) in [6, 6.07) is 9.96. The third kappa shape index (κ3) is 3.56. The fourth-order valence-corrected chi connectivity index (χ4v) is 6.55. The molecule has 2 bridgehead atoms. The van der Waals surface area contributed by atoms with Crippen molar-refractivity contribution in [2.24, 2.45) is 0 Å². The Labute approximate surface area is 205 Å². The second kappa shape index (κ2) is 8.34. The highest BCUT2D eigenvalue weighted by atomic mass is 32.1. The third-order valence-electron chi connectivity index (χ3n) is 7.51. The Morgan fingerprint density at radius 1 is 0.914 bits per heavy atom. The molecule has 0 aliphatic carbocycles. The first-order valence-electron chi connectivity index (χ1n) is 11.8. The van der Waals surface area contributed by atoms with Gasteiger partial charge in [0, 0.05) is 35.3 Å². The van der Waals surface area contributed by atoms with E-state index >= 15 is 0 Å². The summed E-state index contributed by atoms with van der Waals surface area (Å²) in [6.45, 7) is 1.32. The number of carbonyl (C=O) groups excluding carboxylic acids is 3. The molecule has 3 saturated heterocycles. The maximum Gasteiger partial charge on any atom is 0.258 e. The molecule has 1 aromatic heterocycles. The summed E-state index contributed by atoms with van der Waals surface area (Å²) in [7, 11) is 0. The van der Waals surface area contributed by atoms with Crippen LogP contribution in [-0.2, 0) is 4.79 Å². The lowest BCUT2D eigenvalue weighted by atomic mass is 10.1. The smallest absolute Gasteiger partial charge is 0.258 e. The number of rotatable bonds is 3. The highest BCUT2D eigenvalue weighted by Gasteiger charge is 2.50. The van der Waals surface area contributed by atoms with Crippen molar-refractivity contribution >= 4 is 39.1 Å². The minimum absolute atomic E-state index is 0.00496. The standard InChI is InChI=1S/C26H24FN3O4S/c27-16-5-3-15(4-6-16)24(32)28-10-1-2-21(28)26(34)30-14-17-12-18(30)13-29(17)25(33)20-7-8-22-19(23(20)31)9-11-35-22/h3-9,11,17-18,21,31H,1-2,10,12-14H2/t17-,18-,21-/m0/s1. The lowest BCUT2D eigenvalue weighted by Crippen LogP contribution is -2.55. The summed E-state index contributed by atoms with van der Waals surface area (Å²) in [5.41, 5.74) is 0.654. The van der Waals surface area contributed by atoms with Crippen LogP contribution >= 0.6 is 11.3 Å². The molecule has 0 unspecified atom stereocenters. The minimum atomic E-state index is -0.541. The maximum atomic E-state index is 13.5. The van der Waals surface area contributed by atoms with Crippen LogP contribution in [0.5, 0.6) is 5.75 Å². The number of phenolic OH excluding ortho intramolecular Hbond substituents is 1. The van der Waals surface area contributed by atoms with E-state index in [1.54, 1.807) is 15.9 Å². The summed E-state index contributed by atoms with van der Waals surface area (Å²) < 4.78 is 14.2. The molecule has 3 amide bonds. The quantitative estimate of drug-likeness (QED) is 0.606. The van der Waals surface area contributed by atoms with Gasteiger partial charge in [-0.1, -0.05) is 0 Å². The monoisotopic (exact) mass is 493 g/mol. The second-order valence-electron chi connectivity index (χ2n) is 9.45. The minimum Gasteiger partial charge on any atom is -0.506 e. The first-order chi connectivity index (χ1) is 16.9. The second-order valence-corrected chi connectivity index (χ2v) is 10.4. The van der Waals surface area contributed by atoms with Crippen LogP contribution in [0, 0.1) is 5.82 Å². The van der Waals surface area contributed by atoms with Crippen molar-refractivity contribution in [1.29, 1.82) is 0 Å². The van der Waals surface area contributed by atoms with Crippen molar-refractivity contribution in [2.75, 3.05) is 19.6 Å².